The Kier molecular flexibility index (Phi) is 4.34. The van der Waals surface area contributed by atoms with Crippen LogP contribution in [-0.4, -0.2) is 34.0 Å². The molecule has 1 aromatic carbocycles. The van der Waals surface area contributed by atoms with Crippen LogP contribution < -0.4 is 4.74 Å². The van der Waals surface area contributed by atoms with Gasteiger partial charge in [-0.15, -0.1) is 0 Å². The highest BCUT2D eigenvalue weighted by molar-refractivity contribution is 6.39. The number of carbonyl (C=O) groups excluding carboxylic acids is 2. The lowest BCUT2D eigenvalue weighted by Gasteiger charge is -2.34. The van der Waals surface area contributed by atoms with Crippen LogP contribution in [0, 0.1) is 30.6 Å². The van der Waals surface area contributed by atoms with Crippen LogP contribution in [-0.2, 0) is 16.1 Å². The van der Waals surface area contributed by atoms with Crippen molar-refractivity contribution in [2.75, 3.05) is 6.54 Å². The first-order valence-corrected chi connectivity index (χ1v) is 9.17. The molecule has 0 spiro atoms. The number of fused-ring (bicyclic) bond motifs is 1. The number of hydrogen-bond acceptors (Lipinski definition) is 5. The number of nitrogens with zero attached hydrogens (tertiary/aromatic N) is 2. The van der Waals surface area contributed by atoms with Crippen LogP contribution >= 0.6 is 0 Å². The molecule has 142 valence electrons. The Balaban J connectivity index is 1.51. The summed E-state index contributed by atoms with van der Waals surface area (Å²) in [5, 5.41) is 8.42. The minimum absolute atomic E-state index is 0.0835. The number of aromatic nitrogens is 1. The molecule has 1 aromatic heterocycles. The number of nitrogens with one attached hydrogen (secondary N) is 1. The molecular weight excluding hydrogens is 354 g/mol. The number of likely N-dealkylation sites (tertiary alicyclic amines) is 1. The third-order valence-electron chi connectivity index (χ3n) is 5.58. The maximum absolute atomic E-state index is 12.8. The van der Waals surface area contributed by atoms with Gasteiger partial charge in [0.15, 0.2) is 0 Å². The molecule has 28 heavy (non-hydrogen) atoms. The van der Waals surface area contributed by atoms with Crippen LogP contribution in [0.4, 0.5) is 0 Å². The zero-order chi connectivity index (χ0) is 19.9. The normalized spacial score (nSPS) is 22.6. The first kappa shape index (κ1) is 18.1. The highest BCUT2D eigenvalue weighted by Crippen LogP contribution is 2.48. The van der Waals surface area contributed by atoms with Crippen LogP contribution in [0.2, 0.25) is 0 Å². The van der Waals surface area contributed by atoms with Gasteiger partial charge in [0.2, 0.25) is 5.91 Å². The zero-order valence-corrected chi connectivity index (χ0v) is 15.8. The maximum atomic E-state index is 12.8. The predicted molar refractivity (Wildman–Crippen MR) is 104 cm³/mol. The second-order valence-electron chi connectivity index (χ2n) is 7.41. The molecule has 2 atom stereocenters. The summed E-state index contributed by atoms with van der Waals surface area (Å²) < 4.78 is 5.31. The van der Waals surface area contributed by atoms with Crippen molar-refractivity contribution in [2.24, 2.45) is 11.3 Å². The maximum Gasteiger partial charge on any atom is 0.358 e. The van der Waals surface area contributed by atoms with E-state index in [9.17, 15) is 9.59 Å². The topological polar surface area (TPSA) is 83.3 Å². The van der Waals surface area contributed by atoms with Gasteiger partial charge in [-0.1, -0.05) is 30.4 Å². The van der Waals surface area contributed by atoms with E-state index in [2.05, 4.69) is 4.98 Å². The van der Waals surface area contributed by atoms with E-state index in [0.29, 0.717) is 12.3 Å². The van der Waals surface area contributed by atoms with Gasteiger partial charge in [0.05, 0.1) is 23.6 Å². The van der Waals surface area contributed by atoms with E-state index in [4.69, 9.17) is 10.1 Å². The van der Waals surface area contributed by atoms with Crippen LogP contribution in [0.5, 0.6) is 5.75 Å². The molecule has 6 heteroatoms. The summed E-state index contributed by atoms with van der Waals surface area (Å²) in [4.78, 5) is 31.4. The molecule has 1 fully saturated rings. The number of benzene rings is 1. The Morgan fingerprint density at radius 2 is 2.04 bits per heavy atom. The SMILES string of the molecule is Cc1cnc(CN2C[C@@]3(C(=N)C(=O)Oc4ccccc4)C=CC3C2=O)cc1C. The van der Waals surface area contributed by atoms with Crippen molar-refractivity contribution < 1.29 is 14.3 Å². The Labute approximate surface area is 163 Å². The van der Waals surface area contributed by atoms with Crippen molar-refractivity contribution in [1.82, 2.24) is 9.88 Å². The largest absolute Gasteiger partial charge is 0.422 e. The fourth-order valence-electron chi connectivity index (χ4n) is 3.72. The van der Waals surface area contributed by atoms with E-state index in [1.54, 1.807) is 47.5 Å². The molecule has 6 nitrogen and oxygen atoms in total. The molecule has 2 aliphatic rings. The number of hydrogen-bond donors (Lipinski definition) is 1. The molecule has 1 aliphatic heterocycles. The minimum Gasteiger partial charge on any atom is -0.422 e. The standard InChI is InChI=1S/C22H21N3O3/c1-14-10-16(24-11-15(14)2)12-25-13-22(9-8-18(22)20(25)26)19(23)21(27)28-17-6-4-3-5-7-17/h3-11,18,23H,12-13H2,1-2H3/t18?,22-/m0/s1. The van der Waals surface area contributed by atoms with Gasteiger partial charge in [-0.3, -0.25) is 15.2 Å². The number of pyridine rings is 1. The first-order valence-electron chi connectivity index (χ1n) is 9.17. The van der Waals surface area contributed by atoms with Crippen molar-refractivity contribution in [3.63, 3.8) is 0 Å². The number of amides is 1. The van der Waals surface area contributed by atoms with Crippen molar-refractivity contribution >= 4 is 17.6 Å². The van der Waals surface area contributed by atoms with Crippen molar-refractivity contribution in [3.05, 3.63) is 71.6 Å². The average molecular weight is 375 g/mol. The number of carbonyl (C=O) groups is 2. The number of esters is 1. The quantitative estimate of drug-likeness (QED) is 0.377. The van der Waals surface area contributed by atoms with Gasteiger partial charge < -0.3 is 9.64 Å². The number of para-hydroxylation sites is 1. The fraction of sp³-hybridized carbons (Fsp3) is 0.273. The van der Waals surface area contributed by atoms with Gasteiger partial charge in [-0.25, -0.2) is 4.79 Å². The molecule has 0 saturated carbocycles. The molecule has 1 saturated heterocycles. The second kappa shape index (κ2) is 6.71. The Bertz CT molecular complexity index is 999. The van der Waals surface area contributed by atoms with Crippen LogP contribution in [0.15, 0.2) is 54.7 Å². The van der Waals surface area contributed by atoms with E-state index in [1.807, 2.05) is 26.0 Å². The molecule has 4 rings (SSSR count). The summed E-state index contributed by atoms with van der Waals surface area (Å²) in [6, 6.07) is 10.6. The third-order valence-corrected chi connectivity index (χ3v) is 5.58. The lowest BCUT2D eigenvalue weighted by Crippen LogP contribution is -2.46. The van der Waals surface area contributed by atoms with Gasteiger partial charge in [0.25, 0.3) is 0 Å². The summed E-state index contributed by atoms with van der Waals surface area (Å²) >= 11 is 0. The minimum atomic E-state index is -0.914. The smallest absolute Gasteiger partial charge is 0.358 e. The second-order valence-corrected chi connectivity index (χ2v) is 7.41. The Morgan fingerprint density at radius 1 is 1.29 bits per heavy atom. The molecule has 1 aliphatic carbocycles. The van der Waals surface area contributed by atoms with E-state index in [1.165, 1.54) is 0 Å². The molecule has 2 aromatic rings. The van der Waals surface area contributed by atoms with Crippen LogP contribution in [0.1, 0.15) is 16.8 Å². The Morgan fingerprint density at radius 3 is 2.68 bits per heavy atom. The zero-order valence-electron chi connectivity index (χ0n) is 15.8. The third kappa shape index (κ3) is 2.91. The molecule has 1 unspecified atom stereocenters. The fourth-order valence-corrected chi connectivity index (χ4v) is 3.72. The van der Waals surface area contributed by atoms with Gasteiger partial charge in [-0.05, 0) is 43.2 Å². The molecule has 1 amide bonds. The van der Waals surface area contributed by atoms with Crippen molar-refractivity contribution in [2.45, 2.75) is 20.4 Å². The lowest BCUT2D eigenvalue weighted by molar-refractivity contribution is -0.130. The summed E-state index contributed by atoms with van der Waals surface area (Å²) in [5.74, 6) is -0.914. The predicted octanol–water partition coefficient (Wildman–Crippen LogP) is 2.84. The molecular formula is C22H21N3O3. The summed E-state index contributed by atoms with van der Waals surface area (Å²) in [6.45, 7) is 4.64. The molecule has 2 heterocycles. The summed E-state index contributed by atoms with van der Waals surface area (Å²) in [6.07, 6.45) is 5.34. The molecule has 0 bridgehead atoms. The number of aryl methyl sites for hydroxylation is 2. The highest BCUT2D eigenvalue weighted by Gasteiger charge is 2.58. The van der Waals surface area contributed by atoms with Crippen LogP contribution in [0.3, 0.4) is 0 Å². The van der Waals surface area contributed by atoms with E-state index in [-0.39, 0.29) is 18.2 Å². The molecule has 1 N–H and O–H groups in total. The van der Waals surface area contributed by atoms with E-state index in [0.717, 1.165) is 16.8 Å². The van der Waals surface area contributed by atoms with E-state index < -0.39 is 17.3 Å². The van der Waals surface area contributed by atoms with Gasteiger partial charge in [0, 0.05) is 12.7 Å². The summed E-state index contributed by atoms with van der Waals surface area (Å²) in [5.41, 5.74) is 1.91. The van der Waals surface area contributed by atoms with Crippen LogP contribution in [0.25, 0.3) is 0 Å². The Hall–Kier alpha value is -3.28. The first-order chi connectivity index (χ1) is 13.4. The van der Waals surface area contributed by atoms with Gasteiger partial charge >= 0.3 is 5.97 Å². The van der Waals surface area contributed by atoms with E-state index >= 15 is 0 Å². The van der Waals surface area contributed by atoms with Crippen molar-refractivity contribution in [1.29, 1.82) is 5.41 Å². The highest BCUT2D eigenvalue weighted by atomic mass is 16.5. The van der Waals surface area contributed by atoms with Crippen molar-refractivity contribution in [3.8, 4) is 5.75 Å². The monoisotopic (exact) mass is 375 g/mol. The van der Waals surface area contributed by atoms with Gasteiger partial charge in [-0.2, -0.15) is 0 Å². The molecule has 0 radical (unpaired) electrons. The lowest BCUT2D eigenvalue weighted by atomic mass is 9.66. The number of ether oxygens (including phenoxy) is 1. The number of rotatable bonds is 5. The average Bonchev–Trinajstić information content (AvgIpc) is 2.84. The van der Waals surface area contributed by atoms with Gasteiger partial charge in [0.1, 0.15) is 11.5 Å². The summed E-state index contributed by atoms with van der Waals surface area (Å²) in [7, 11) is 0.